The standard InChI is InChI=1S/C24H36N4O3.HI/c1-6-25-24(26-12-17(3)23-18(4)28-31-19(23)5)27-13-21-8-7-16(2)11-22(21)30-15-20-9-10-29-14-20;/h7-8,11,17,20H,6,9-10,12-15H2,1-5H3,(H2,25,26,27);1H. The summed E-state index contributed by atoms with van der Waals surface area (Å²) in [4.78, 5) is 4.80. The zero-order chi connectivity index (χ0) is 22.2. The predicted molar refractivity (Wildman–Crippen MR) is 138 cm³/mol. The van der Waals surface area contributed by atoms with Gasteiger partial charge in [0.15, 0.2) is 5.96 Å². The van der Waals surface area contributed by atoms with Gasteiger partial charge < -0.3 is 24.6 Å². The molecule has 0 saturated carbocycles. The maximum absolute atomic E-state index is 6.16. The van der Waals surface area contributed by atoms with Gasteiger partial charge in [-0.25, -0.2) is 4.99 Å². The molecule has 1 saturated heterocycles. The topological polar surface area (TPSA) is 80.9 Å². The van der Waals surface area contributed by atoms with Crippen molar-refractivity contribution < 1.29 is 14.0 Å². The van der Waals surface area contributed by atoms with Gasteiger partial charge in [-0.3, -0.25) is 0 Å². The third-order valence-corrected chi connectivity index (χ3v) is 5.63. The van der Waals surface area contributed by atoms with E-state index in [-0.39, 0.29) is 29.9 Å². The molecule has 1 aromatic heterocycles. The summed E-state index contributed by atoms with van der Waals surface area (Å²) in [5.74, 6) is 3.32. The van der Waals surface area contributed by atoms with E-state index in [1.54, 1.807) is 0 Å². The minimum atomic E-state index is 0. The van der Waals surface area contributed by atoms with Crippen molar-refractivity contribution in [1.82, 2.24) is 15.8 Å². The first-order valence-corrected chi connectivity index (χ1v) is 11.2. The first-order chi connectivity index (χ1) is 15.0. The summed E-state index contributed by atoms with van der Waals surface area (Å²) in [6.07, 6.45) is 1.07. The summed E-state index contributed by atoms with van der Waals surface area (Å²) < 4.78 is 16.9. The zero-order valence-electron chi connectivity index (χ0n) is 19.9. The van der Waals surface area contributed by atoms with E-state index in [0.29, 0.717) is 19.1 Å². The van der Waals surface area contributed by atoms with Gasteiger partial charge in [0.05, 0.1) is 25.5 Å². The Hall–Kier alpha value is -1.81. The third kappa shape index (κ3) is 7.37. The number of aliphatic imine (C=N–C) groups is 1. The summed E-state index contributed by atoms with van der Waals surface area (Å²) in [6.45, 7) is 14.7. The fourth-order valence-electron chi connectivity index (χ4n) is 3.90. The Morgan fingerprint density at radius 1 is 1.28 bits per heavy atom. The van der Waals surface area contributed by atoms with Crippen molar-refractivity contribution in [3.8, 4) is 5.75 Å². The van der Waals surface area contributed by atoms with Crippen molar-refractivity contribution in [2.24, 2.45) is 10.9 Å². The smallest absolute Gasteiger partial charge is 0.191 e. The van der Waals surface area contributed by atoms with Crippen molar-refractivity contribution in [2.45, 2.75) is 53.5 Å². The van der Waals surface area contributed by atoms with Crippen molar-refractivity contribution >= 4 is 29.9 Å². The van der Waals surface area contributed by atoms with E-state index in [1.165, 1.54) is 5.56 Å². The second-order valence-electron chi connectivity index (χ2n) is 8.37. The minimum absolute atomic E-state index is 0. The number of aryl methyl sites for hydroxylation is 3. The summed E-state index contributed by atoms with van der Waals surface area (Å²) >= 11 is 0. The summed E-state index contributed by atoms with van der Waals surface area (Å²) in [5, 5.41) is 10.9. The zero-order valence-corrected chi connectivity index (χ0v) is 22.2. The average Bonchev–Trinajstić information content (AvgIpc) is 3.38. The molecule has 2 heterocycles. The van der Waals surface area contributed by atoms with Crippen molar-refractivity contribution in [2.75, 3.05) is 32.9 Å². The van der Waals surface area contributed by atoms with Gasteiger partial charge >= 0.3 is 0 Å². The lowest BCUT2D eigenvalue weighted by molar-refractivity contribution is 0.166. The molecule has 0 aliphatic carbocycles. The number of aromatic nitrogens is 1. The highest BCUT2D eigenvalue weighted by Crippen LogP contribution is 2.24. The van der Waals surface area contributed by atoms with Crippen LogP contribution in [0.15, 0.2) is 27.7 Å². The van der Waals surface area contributed by atoms with Crippen LogP contribution in [0.3, 0.4) is 0 Å². The van der Waals surface area contributed by atoms with Crippen LogP contribution in [0.2, 0.25) is 0 Å². The fraction of sp³-hybridized carbons (Fsp3) is 0.583. The van der Waals surface area contributed by atoms with E-state index >= 15 is 0 Å². The van der Waals surface area contributed by atoms with Crippen LogP contribution in [0.1, 0.15) is 54.3 Å². The van der Waals surface area contributed by atoms with E-state index < -0.39 is 0 Å². The van der Waals surface area contributed by atoms with Crippen LogP contribution in [0, 0.1) is 26.7 Å². The Labute approximate surface area is 208 Å². The molecule has 0 radical (unpaired) electrons. The van der Waals surface area contributed by atoms with Gasteiger partial charge in [-0.15, -0.1) is 24.0 Å². The van der Waals surface area contributed by atoms with Crippen molar-refractivity contribution in [3.63, 3.8) is 0 Å². The highest BCUT2D eigenvalue weighted by atomic mass is 127. The number of guanidine groups is 1. The van der Waals surface area contributed by atoms with Crippen LogP contribution >= 0.6 is 24.0 Å². The molecule has 7 nitrogen and oxygen atoms in total. The lowest BCUT2D eigenvalue weighted by Gasteiger charge is -2.17. The summed E-state index contributed by atoms with van der Waals surface area (Å²) in [7, 11) is 0. The van der Waals surface area contributed by atoms with Gasteiger partial charge in [0.1, 0.15) is 11.5 Å². The van der Waals surface area contributed by atoms with Gasteiger partial charge in [-0.1, -0.05) is 24.2 Å². The largest absolute Gasteiger partial charge is 0.493 e. The second-order valence-corrected chi connectivity index (χ2v) is 8.37. The lowest BCUT2D eigenvalue weighted by Crippen LogP contribution is -2.39. The molecule has 1 aliphatic rings. The third-order valence-electron chi connectivity index (χ3n) is 5.63. The van der Waals surface area contributed by atoms with E-state index in [1.807, 2.05) is 13.8 Å². The number of hydrogen-bond donors (Lipinski definition) is 2. The number of ether oxygens (including phenoxy) is 2. The quantitative estimate of drug-likeness (QED) is 0.269. The molecule has 2 aromatic rings. The van der Waals surface area contributed by atoms with Gasteiger partial charge in [-0.05, 0) is 45.7 Å². The van der Waals surface area contributed by atoms with Crippen LogP contribution < -0.4 is 15.4 Å². The molecule has 2 N–H and O–H groups in total. The van der Waals surface area contributed by atoms with E-state index in [9.17, 15) is 0 Å². The highest BCUT2D eigenvalue weighted by molar-refractivity contribution is 14.0. The molecule has 0 spiro atoms. The molecule has 178 valence electrons. The molecule has 0 bridgehead atoms. The van der Waals surface area contributed by atoms with E-state index in [0.717, 1.165) is 67.0 Å². The molecule has 0 amide bonds. The van der Waals surface area contributed by atoms with Gasteiger partial charge in [0, 0.05) is 42.7 Å². The van der Waals surface area contributed by atoms with Crippen LogP contribution in [-0.4, -0.2) is 44.0 Å². The molecule has 1 fully saturated rings. The number of rotatable bonds is 9. The molecule has 3 rings (SSSR count). The van der Waals surface area contributed by atoms with Crippen molar-refractivity contribution in [1.29, 1.82) is 0 Å². The SMILES string of the molecule is CCNC(=NCc1ccc(C)cc1OCC1CCOC1)NCC(C)c1c(C)noc1C.I. The van der Waals surface area contributed by atoms with E-state index in [4.69, 9.17) is 19.0 Å². The maximum atomic E-state index is 6.16. The van der Waals surface area contributed by atoms with Crippen LogP contribution in [-0.2, 0) is 11.3 Å². The van der Waals surface area contributed by atoms with Gasteiger partial charge in [0.2, 0.25) is 0 Å². The number of nitrogens with one attached hydrogen (secondary N) is 2. The van der Waals surface area contributed by atoms with Gasteiger partial charge in [0.25, 0.3) is 0 Å². The highest BCUT2D eigenvalue weighted by Gasteiger charge is 2.18. The number of benzene rings is 1. The fourth-order valence-corrected chi connectivity index (χ4v) is 3.90. The Morgan fingerprint density at radius 2 is 2.09 bits per heavy atom. The maximum Gasteiger partial charge on any atom is 0.191 e. The minimum Gasteiger partial charge on any atom is -0.493 e. The number of halogens is 1. The van der Waals surface area contributed by atoms with E-state index in [2.05, 4.69) is 54.8 Å². The molecule has 2 atom stereocenters. The molecule has 2 unspecified atom stereocenters. The molecular weight excluding hydrogens is 519 g/mol. The number of nitrogens with zero attached hydrogens (tertiary/aromatic N) is 2. The Bertz CT molecular complexity index is 859. The first kappa shape index (κ1) is 26.4. The molecule has 32 heavy (non-hydrogen) atoms. The normalized spacial score (nSPS) is 17.0. The lowest BCUT2D eigenvalue weighted by atomic mass is 10.00. The molecule has 1 aliphatic heterocycles. The molecular formula is C24H37IN4O3. The average molecular weight is 556 g/mol. The second kappa shape index (κ2) is 13.0. The Balaban J connectivity index is 0.00000363. The predicted octanol–water partition coefficient (Wildman–Crippen LogP) is 4.49. The summed E-state index contributed by atoms with van der Waals surface area (Å²) in [6, 6.07) is 6.31. The monoisotopic (exact) mass is 556 g/mol. The first-order valence-electron chi connectivity index (χ1n) is 11.2. The van der Waals surface area contributed by atoms with Gasteiger partial charge in [-0.2, -0.15) is 0 Å². The Kier molecular flexibility index (Phi) is 10.8. The summed E-state index contributed by atoms with van der Waals surface area (Å²) in [5.41, 5.74) is 4.38. The van der Waals surface area contributed by atoms with Crippen LogP contribution in [0.5, 0.6) is 5.75 Å². The molecule has 8 heteroatoms. The van der Waals surface area contributed by atoms with Crippen molar-refractivity contribution in [3.05, 3.63) is 46.3 Å². The Morgan fingerprint density at radius 3 is 2.75 bits per heavy atom. The molecule has 1 aromatic carbocycles. The van der Waals surface area contributed by atoms with Crippen LogP contribution in [0.25, 0.3) is 0 Å². The number of hydrogen-bond acceptors (Lipinski definition) is 5. The van der Waals surface area contributed by atoms with Crippen LogP contribution in [0.4, 0.5) is 0 Å².